The Morgan fingerprint density at radius 3 is 1.89 bits per heavy atom. The van der Waals surface area contributed by atoms with Crippen molar-refractivity contribution in [2.45, 2.75) is 87.9 Å². The number of phenols is 2. The fourth-order valence-corrected chi connectivity index (χ4v) is 4.50. The molecule has 3 rings (SSSR count). The molecule has 0 amide bonds. The number of aromatic hydroxyl groups is 2. The molecular weight excluding hydrogens is 500 g/mol. The van der Waals surface area contributed by atoms with Crippen molar-refractivity contribution in [2.24, 2.45) is 0 Å². The van der Waals surface area contributed by atoms with Crippen LogP contribution in [0.15, 0.2) is 0 Å². The second-order valence-corrected chi connectivity index (χ2v) is 9.18. The summed E-state index contributed by atoms with van der Waals surface area (Å²) in [7, 11) is 0. The van der Waals surface area contributed by atoms with Gasteiger partial charge < -0.3 is 65.3 Å². The lowest BCUT2D eigenvalue weighted by molar-refractivity contribution is -0.277. The van der Waals surface area contributed by atoms with Crippen molar-refractivity contribution in [3.05, 3.63) is 16.7 Å². The van der Waals surface area contributed by atoms with Gasteiger partial charge in [-0.3, -0.25) is 4.79 Å². The van der Waals surface area contributed by atoms with Gasteiger partial charge in [-0.1, -0.05) is 6.92 Å². The Morgan fingerprint density at radius 2 is 1.35 bits per heavy atom. The van der Waals surface area contributed by atoms with Crippen molar-refractivity contribution >= 4 is 5.78 Å². The normalized spacial score (nSPS) is 36.4. The first kappa shape index (κ1) is 29.4. The summed E-state index contributed by atoms with van der Waals surface area (Å²) in [6.45, 7) is 1.42. The van der Waals surface area contributed by atoms with Crippen molar-refractivity contribution in [1.29, 1.82) is 0 Å². The van der Waals surface area contributed by atoms with E-state index in [4.69, 9.17) is 14.2 Å². The quantitative estimate of drug-likeness (QED) is 0.150. The number of phenolic OH excluding ortho intramolecular Hbond substituents is 2. The highest BCUT2D eigenvalue weighted by Gasteiger charge is 2.48. The van der Waals surface area contributed by atoms with Crippen molar-refractivity contribution in [3.63, 3.8) is 0 Å². The second kappa shape index (κ2) is 11.7. The van der Waals surface area contributed by atoms with Gasteiger partial charge >= 0.3 is 0 Å². The maximum Gasteiger partial charge on any atom is 0.229 e. The monoisotopic (exact) mass is 534 g/mol. The van der Waals surface area contributed by atoms with Crippen LogP contribution in [0.1, 0.15) is 47.4 Å². The van der Waals surface area contributed by atoms with Crippen LogP contribution in [0, 0.1) is 6.92 Å². The first-order valence-electron chi connectivity index (χ1n) is 11.8. The number of carbonyl (C=O) groups excluding carboxylic acids is 1. The Bertz CT molecular complexity index is 965. The molecule has 0 spiro atoms. The molecule has 2 saturated heterocycles. The van der Waals surface area contributed by atoms with Gasteiger partial charge in [0, 0.05) is 12.0 Å². The van der Waals surface area contributed by atoms with Crippen LogP contribution < -0.4 is 4.74 Å². The fraction of sp³-hybridized carbons (Fsp3) is 0.696. The Labute approximate surface area is 211 Å². The summed E-state index contributed by atoms with van der Waals surface area (Å²) in [4.78, 5) is 13.1. The largest absolute Gasteiger partial charge is 0.507 e. The van der Waals surface area contributed by atoms with Crippen molar-refractivity contribution in [2.75, 3.05) is 13.2 Å². The summed E-state index contributed by atoms with van der Waals surface area (Å²) in [5.41, 5.74) is -1.21. The maximum atomic E-state index is 13.1. The van der Waals surface area contributed by atoms with Crippen LogP contribution in [0.4, 0.5) is 0 Å². The van der Waals surface area contributed by atoms with E-state index in [1.54, 1.807) is 6.92 Å². The average molecular weight is 535 g/mol. The number of rotatable bonds is 8. The minimum absolute atomic E-state index is 0.114. The minimum Gasteiger partial charge on any atom is -0.507 e. The van der Waals surface area contributed by atoms with Crippen LogP contribution in [-0.2, 0) is 9.47 Å². The lowest BCUT2D eigenvalue weighted by Crippen LogP contribution is -2.60. The fourth-order valence-electron chi connectivity index (χ4n) is 4.50. The highest BCUT2D eigenvalue weighted by molar-refractivity contribution is 6.02. The second-order valence-electron chi connectivity index (χ2n) is 9.18. The maximum absolute atomic E-state index is 13.1. The molecule has 14 nitrogen and oxygen atoms in total. The molecule has 10 N–H and O–H groups in total. The molecule has 1 aromatic carbocycles. The molecule has 0 bridgehead atoms. The molecule has 2 aliphatic rings. The first-order valence-corrected chi connectivity index (χ1v) is 11.8. The average Bonchev–Trinajstić information content (AvgIpc) is 2.87. The highest BCUT2D eigenvalue weighted by Crippen LogP contribution is 2.49. The molecule has 2 fully saturated rings. The van der Waals surface area contributed by atoms with Gasteiger partial charge in [-0.25, -0.2) is 0 Å². The van der Waals surface area contributed by atoms with E-state index in [-0.39, 0.29) is 12.0 Å². The van der Waals surface area contributed by atoms with Crippen LogP contribution in [0.25, 0.3) is 0 Å². The van der Waals surface area contributed by atoms with Crippen molar-refractivity contribution in [3.8, 4) is 17.2 Å². The molecular formula is C23H34O14. The summed E-state index contributed by atoms with van der Waals surface area (Å²) in [5, 5.41) is 102. The third-order valence-electron chi connectivity index (χ3n) is 6.69. The molecule has 0 radical (unpaired) electrons. The summed E-state index contributed by atoms with van der Waals surface area (Å²) in [6, 6.07) is 0. The van der Waals surface area contributed by atoms with E-state index in [0.29, 0.717) is 6.42 Å². The van der Waals surface area contributed by atoms with Crippen molar-refractivity contribution < 1.29 is 70.1 Å². The van der Waals surface area contributed by atoms with Gasteiger partial charge in [-0.15, -0.1) is 0 Å². The number of ether oxygens (including phenoxy) is 3. The molecule has 0 aliphatic carbocycles. The zero-order chi connectivity index (χ0) is 27.8. The van der Waals surface area contributed by atoms with Crippen LogP contribution in [0.5, 0.6) is 17.2 Å². The van der Waals surface area contributed by atoms with E-state index in [2.05, 4.69) is 0 Å². The van der Waals surface area contributed by atoms with Gasteiger partial charge in [-0.05, 0) is 13.3 Å². The van der Waals surface area contributed by atoms with Gasteiger partial charge in [0.1, 0.15) is 77.7 Å². The van der Waals surface area contributed by atoms with Gasteiger partial charge in [0.2, 0.25) is 6.29 Å². The third kappa shape index (κ3) is 5.27. The van der Waals surface area contributed by atoms with Crippen LogP contribution in [-0.4, -0.2) is 125 Å². The molecule has 0 aromatic heterocycles. The Hall–Kier alpha value is -2.11. The number of benzene rings is 1. The van der Waals surface area contributed by atoms with Gasteiger partial charge in [0.15, 0.2) is 5.78 Å². The van der Waals surface area contributed by atoms with E-state index >= 15 is 0 Å². The molecule has 1 aromatic rings. The number of aliphatic hydroxyl groups excluding tert-OH is 8. The summed E-state index contributed by atoms with van der Waals surface area (Å²) in [6.07, 6.45) is -16.7. The molecule has 0 saturated carbocycles. The van der Waals surface area contributed by atoms with E-state index in [1.807, 2.05) is 0 Å². The number of hydrogen-bond acceptors (Lipinski definition) is 14. The summed E-state index contributed by atoms with van der Waals surface area (Å²) in [5.74, 6) is -2.78. The van der Waals surface area contributed by atoms with Crippen LogP contribution in [0.3, 0.4) is 0 Å². The molecule has 2 aliphatic heterocycles. The number of aliphatic hydroxyl groups is 8. The standard InChI is InChI=1S/C23H34O14/c1-3-4-8(26)11-16(30)12(22-19(33)17(31)14(28)9(5-24)35-22)13(27)7(2)21(11)37-23-20(34)18(32)15(29)10(6-25)36-23/h9-10,14-15,17-20,22-25,27-34H,3-6H2,1-2H3/t9-,10-,14-,15-,17+,18+,19-,20-,22-,23-/m1/s1. The van der Waals surface area contributed by atoms with E-state index in [0.717, 1.165) is 0 Å². The molecule has 210 valence electrons. The predicted molar refractivity (Wildman–Crippen MR) is 121 cm³/mol. The van der Waals surface area contributed by atoms with Gasteiger partial charge in [0.05, 0.1) is 18.8 Å². The predicted octanol–water partition coefficient (Wildman–Crippen LogP) is -2.92. The lowest BCUT2D eigenvalue weighted by Gasteiger charge is -2.41. The van der Waals surface area contributed by atoms with E-state index in [1.165, 1.54) is 6.92 Å². The lowest BCUT2D eigenvalue weighted by atomic mass is 9.87. The number of ketones is 1. The number of hydrogen-bond donors (Lipinski definition) is 10. The SMILES string of the molecule is CCCC(=O)c1c(O)c([C@H]2O[C@H](CO)[C@@H](O)[C@H](O)[C@H]2O)c(O)c(C)c1O[C@H]1O[C@H](CO)[C@@H](O)[C@H](O)[C@H]1O. The molecule has 2 heterocycles. The minimum atomic E-state index is -1.89. The zero-order valence-electron chi connectivity index (χ0n) is 20.2. The topological polar surface area (TPSA) is 247 Å². The number of carbonyl (C=O) groups is 1. The Morgan fingerprint density at radius 1 is 0.811 bits per heavy atom. The van der Waals surface area contributed by atoms with E-state index in [9.17, 15) is 55.9 Å². The molecule has 10 atom stereocenters. The van der Waals surface area contributed by atoms with Gasteiger partial charge in [0.25, 0.3) is 0 Å². The molecule has 0 unspecified atom stereocenters. The molecule has 37 heavy (non-hydrogen) atoms. The van der Waals surface area contributed by atoms with Crippen molar-refractivity contribution in [1.82, 2.24) is 0 Å². The van der Waals surface area contributed by atoms with Gasteiger partial charge in [-0.2, -0.15) is 0 Å². The summed E-state index contributed by atoms with van der Waals surface area (Å²) >= 11 is 0. The third-order valence-corrected chi connectivity index (χ3v) is 6.69. The van der Waals surface area contributed by atoms with Crippen LogP contribution in [0.2, 0.25) is 0 Å². The Kier molecular flexibility index (Phi) is 9.34. The smallest absolute Gasteiger partial charge is 0.229 e. The molecule has 14 heteroatoms. The highest BCUT2D eigenvalue weighted by atomic mass is 16.7. The zero-order valence-corrected chi connectivity index (χ0v) is 20.2. The number of Topliss-reactive ketones (excluding diaryl/α,β-unsaturated/α-hetero) is 1. The first-order chi connectivity index (χ1) is 17.4. The van der Waals surface area contributed by atoms with Crippen LogP contribution >= 0.6 is 0 Å². The Balaban J connectivity index is 2.14. The van der Waals surface area contributed by atoms with E-state index < -0.39 is 109 Å². The summed E-state index contributed by atoms with van der Waals surface area (Å²) < 4.78 is 16.4.